The van der Waals surface area contributed by atoms with Crippen molar-refractivity contribution in [2.45, 2.75) is 6.92 Å². The molecular weight excluding hydrogens is 210 g/mol. The number of anilines is 1. The zero-order chi connectivity index (χ0) is 11.7. The minimum absolute atomic E-state index is 0.0181. The van der Waals surface area contributed by atoms with Crippen LogP contribution in [-0.2, 0) is 0 Å². The molecule has 16 heavy (non-hydrogen) atoms. The maximum absolute atomic E-state index is 13.5. The van der Waals surface area contributed by atoms with E-state index in [1.165, 1.54) is 12.3 Å². The number of nitrogens with zero attached hydrogens (tertiary/aromatic N) is 1. The highest BCUT2D eigenvalue weighted by atomic mass is 19.1. The Kier molecular flexibility index (Phi) is 2.56. The molecule has 0 amide bonds. The van der Waals surface area contributed by atoms with Crippen LogP contribution in [0.5, 0.6) is 0 Å². The summed E-state index contributed by atoms with van der Waals surface area (Å²) in [6, 6.07) is 5.59. The van der Waals surface area contributed by atoms with Gasteiger partial charge >= 0.3 is 0 Å². The molecule has 2 N–H and O–H groups in total. The van der Waals surface area contributed by atoms with E-state index < -0.39 is 11.6 Å². The van der Waals surface area contributed by atoms with Gasteiger partial charge in [0.25, 0.3) is 0 Å². The van der Waals surface area contributed by atoms with Crippen LogP contribution < -0.4 is 5.73 Å². The van der Waals surface area contributed by atoms with Gasteiger partial charge in [0, 0.05) is 11.6 Å². The first-order valence-electron chi connectivity index (χ1n) is 4.75. The average Bonchev–Trinajstić information content (AvgIpc) is 2.22. The van der Waals surface area contributed by atoms with Gasteiger partial charge in [0.15, 0.2) is 5.82 Å². The molecule has 1 aromatic carbocycles. The molecule has 0 aliphatic carbocycles. The highest BCUT2D eigenvalue weighted by Gasteiger charge is 2.11. The fourth-order valence-electron chi connectivity index (χ4n) is 1.47. The predicted molar refractivity (Wildman–Crippen MR) is 58.7 cm³/mol. The molecule has 0 aliphatic rings. The van der Waals surface area contributed by atoms with Crippen LogP contribution in [0, 0.1) is 18.6 Å². The maximum Gasteiger partial charge on any atom is 0.151 e. The number of benzene rings is 1. The summed E-state index contributed by atoms with van der Waals surface area (Å²) in [5.41, 5.74) is 6.57. The summed E-state index contributed by atoms with van der Waals surface area (Å²) in [6.45, 7) is 1.80. The van der Waals surface area contributed by atoms with Crippen molar-refractivity contribution < 1.29 is 8.78 Å². The number of hydrogen-bond acceptors (Lipinski definition) is 2. The molecule has 0 unspecified atom stereocenters. The number of rotatable bonds is 1. The Morgan fingerprint density at radius 3 is 2.56 bits per heavy atom. The van der Waals surface area contributed by atoms with Crippen molar-refractivity contribution >= 4 is 5.69 Å². The van der Waals surface area contributed by atoms with Crippen LogP contribution >= 0.6 is 0 Å². The second-order valence-corrected chi connectivity index (χ2v) is 3.58. The van der Waals surface area contributed by atoms with E-state index in [0.29, 0.717) is 0 Å². The molecule has 0 bridgehead atoms. The van der Waals surface area contributed by atoms with E-state index in [9.17, 15) is 8.78 Å². The number of halogens is 2. The quantitative estimate of drug-likeness (QED) is 0.802. The van der Waals surface area contributed by atoms with Crippen molar-refractivity contribution in [2.24, 2.45) is 0 Å². The van der Waals surface area contributed by atoms with Crippen molar-refractivity contribution in [2.75, 3.05) is 5.73 Å². The normalized spacial score (nSPS) is 10.4. The van der Waals surface area contributed by atoms with E-state index in [1.54, 1.807) is 19.1 Å². The van der Waals surface area contributed by atoms with E-state index in [0.717, 1.165) is 11.6 Å². The van der Waals surface area contributed by atoms with Gasteiger partial charge in [0.2, 0.25) is 0 Å². The smallest absolute Gasteiger partial charge is 0.151 e. The largest absolute Gasteiger partial charge is 0.397 e. The molecular formula is C12H10F2N2. The standard InChI is InChI=1S/C12H10F2N2/c1-7-2-3-10(13)9(4-7)12-11(14)5-8(15)6-16-12/h2-6H,15H2,1H3. The average molecular weight is 220 g/mol. The fraction of sp³-hybridized carbons (Fsp3) is 0.0833. The number of nitrogens with two attached hydrogens (primary N) is 1. The first-order valence-corrected chi connectivity index (χ1v) is 4.75. The molecule has 0 fully saturated rings. The van der Waals surface area contributed by atoms with Crippen LogP contribution in [0.25, 0.3) is 11.3 Å². The van der Waals surface area contributed by atoms with E-state index in [-0.39, 0.29) is 16.9 Å². The Labute approximate surface area is 91.7 Å². The number of aryl methyl sites for hydroxylation is 1. The van der Waals surface area contributed by atoms with Crippen LogP contribution in [0.15, 0.2) is 30.5 Å². The zero-order valence-corrected chi connectivity index (χ0v) is 8.67. The first-order chi connectivity index (χ1) is 7.58. The Morgan fingerprint density at radius 1 is 1.12 bits per heavy atom. The SMILES string of the molecule is Cc1ccc(F)c(-c2ncc(N)cc2F)c1. The van der Waals surface area contributed by atoms with Gasteiger partial charge in [-0.2, -0.15) is 0 Å². The summed E-state index contributed by atoms with van der Waals surface area (Å²) < 4.78 is 27.0. The predicted octanol–water partition coefficient (Wildman–Crippen LogP) is 2.92. The molecule has 1 aromatic heterocycles. The van der Waals surface area contributed by atoms with Crippen LogP contribution in [-0.4, -0.2) is 4.98 Å². The molecule has 82 valence electrons. The summed E-state index contributed by atoms with van der Waals surface area (Å²) in [6.07, 6.45) is 1.31. The lowest BCUT2D eigenvalue weighted by Crippen LogP contribution is -1.95. The molecule has 2 nitrogen and oxygen atoms in total. The molecule has 0 saturated carbocycles. The van der Waals surface area contributed by atoms with Gasteiger partial charge in [-0.05, 0) is 19.1 Å². The Hall–Kier alpha value is -1.97. The third kappa shape index (κ3) is 1.86. The van der Waals surface area contributed by atoms with Crippen molar-refractivity contribution in [1.82, 2.24) is 4.98 Å². The molecule has 0 atom stereocenters. The third-order valence-corrected chi connectivity index (χ3v) is 2.24. The number of aromatic nitrogens is 1. The van der Waals surface area contributed by atoms with Crippen molar-refractivity contribution in [3.8, 4) is 11.3 Å². The Bertz CT molecular complexity index is 539. The monoisotopic (exact) mass is 220 g/mol. The van der Waals surface area contributed by atoms with Crippen LogP contribution in [0.2, 0.25) is 0 Å². The lowest BCUT2D eigenvalue weighted by atomic mass is 10.1. The number of pyridine rings is 1. The highest BCUT2D eigenvalue weighted by molar-refractivity contribution is 5.63. The van der Waals surface area contributed by atoms with Crippen molar-refractivity contribution in [3.63, 3.8) is 0 Å². The van der Waals surface area contributed by atoms with Crippen molar-refractivity contribution in [3.05, 3.63) is 47.7 Å². The highest BCUT2D eigenvalue weighted by Crippen LogP contribution is 2.25. The summed E-state index contributed by atoms with van der Waals surface area (Å²) in [5.74, 6) is -1.12. The van der Waals surface area contributed by atoms with Gasteiger partial charge in [0.1, 0.15) is 11.5 Å². The summed E-state index contributed by atoms with van der Waals surface area (Å²) in [5, 5.41) is 0. The minimum atomic E-state index is -0.621. The van der Waals surface area contributed by atoms with Gasteiger partial charge in [-0.25, -0.2) is 8.78 Å². The Balaban J connectivity index is 2.62. The second kappa shape index (κ2) is 3.89. The molecule has 0 radical (unpaired) electrons. The van der Waals surface area contributed by atoms with E-state index in [1.807, 2.05) is 0 Å². The topological polar surface area (TPSA) is 38.9 Å². The molecule has 4 heteroatoms. The molecule has 2 rings (SSSR count). The van der Waals surface area contributed by atoms with Gasteiger partial charge in [-0.15, -0.1) is 0 Å². The van der Waals surface area contributed by atoms with Gasteiger partial charge in [-0.1, -0.05) is 11.6 Å². The van der Waals surface area contributed by atoms with Gasteiger partial charge in [0.05, 0.1) is 11.9 Å². The molecule has 0 aliphatic heterocycles. The van der Waals surface area contributed by atoms with E-state index in [4.69, 9.17) is 5.73 Å². The summed E-state index contributed by atoms with van der Waals surface area (Å²) in [4.78, 5) is 3.81. The minimum Gasteiger partial charge on any atom is -0.397 e. The van der Waals surface area contributed by atoms with E-state index >= 15 is 0 Å². The molecule has 2 aromatic rings. The van der Waals surface area contributed by atoms with Gasteiger partial charge in [-0.3, -0.25) is 4.98 Å². The van der Waals surface area contributed by atoms with Crippen molar-refractivity contribution in [1.29, 1.82) is 0 Å². The molecule has 1 heterocycles. The fourth-order valence-corrected chi connectivity index (χ4v) is 1.47. The zero-order valence-electron chi connectivity index (χ0n) is 8.67. The Morgan fingerprint density at radius 2 is 1.88 bits per heavy atom. The molecule has 0 spiro atoms. The lowest BCUT2D eigenvalue weighted by Gasteiger charge is -2.05. The number of hydrogen-bond donors (Lipinski definition) is 1. The lowest BCUT2D eigenvalue weighted by molar-refractivity contribution is 0.612. The molecule has 0 saturated heterocycles. The maximum atomic E-state index is 13.5. The summed E-state index contributed by atoms with van der Waals surface area (Å²) >= 11 is 0. The number of nitrogen functional groups attached to an aromatic ring is 1. The van der Waals surface area contributed by atoms with Crippen LogP contribution in [0.1, 0.15) is 5.56 Å². The summed E-state index contributed by atoms with van der Waals surface area (Å²) in [7, 11) is 0. The van der Waals surface area contributed by atoms with Crippen LogP contribution in [0.4, 0.5) is 14.5 Å². The van der Waals surface area contributed by atoms with Gasteiger partial charge < -0.3 is 5.73 Å². The first kappa shape index (κ1) is 10.5. The second-order valence-electron chi connectivity index (χ2n) is 3.58. The third-order valence-electron chi connectivity index (χ3n) is 2.24. The van der Waals surface area contributed by atoms with Crippen LogP contribution in [0.3, 0.4) is 0 Å². The van der Waals surface area contributed by atoms with E-state index in [2.05, 4.69) is 4.98 Å².